The number of hydrogen-bond donors (Lipinski definition) is 0. The molecule has 0 atom stereocenters. The first kappa shape index (κ1) is 20.6. The zero-order chi connectivity index (χ0) is 20.5. The second-order valence-corrected chi connectivity index (χ2v) is 9.04. The molecule has 1 aliphatic heterocycles. The lowest BCUT2D eigenvalue weighted by Gasteiger charge is -2.25. The Kier molecular flexibility index (Phi) is 6.08. The Labute approximate surface area is 180 Å². The fourth-order valence-electron chi connectivity index (χ4n) is 4.00. The van der Waals surface area contributed by atoms with Gasteiger partial charge in [0.2, 0.25) is 0 Å². The molecular formula is C21H28ClN5OS. The summed E-state index contributed by atoms with van der Waals surface area (Å²) in [6, 6.07) is 2.18. The van der Waals surface area contributed by atoms with Gasteiger partial charge in [0.1, 0.15) is 5.15 Å². The molecule has 4 heterocycles. The van der Waals surface area contributed by atoms with Gasteiger partial charge in [0.05, 0.1) is 23.8 Å². The fraction of sp³-hybridized carbons (Fsp3) is 0.571. The number of ether oxygens (including phenoxy) is 1. The van der Waals surface area contributed by atoms with Gasteiger partial charge in [0.25, 0.3) is 0 Å². The minimum Gasteiger partial charge on any atom is -0.378 e. The van der Waals surface area contributed by atoms with E-state index in [0.29, 0.717) is 17.5 Å². The van der Waals surface area contributed by atoms with Crippen LogP contribution in [0.3, 0.4) is 0 Å². The Bertz CT molecular complexity index is 1000. The van der Waals surface area contributed by atoms with Gasteiger partial charge in [-0.25, -0.2) is 14.5 Å². The van der Waals surface area contributed by atoms with Crippen LogP contribution in [0.4, 0.5) is 5.13 Å². The van der Waals surface area contributed by atoms with Gasteiger partial charge in [-0.2, -0.15) is 5.10 Å². The molecule has 0 unspecified atom stereocenters. The summed E-state index contributed by atoms with van der Waals surface area (Å²) in [5, 5.41) is 6.42. The van der Waals surface area contributed by atoms with E-state index in [1.165, 1.54) is 5.69 Å². The van der Waals surface area contributed by atoms with E-state index in [9.17, 15) is 0 Å². The molecule has 1 aliphatic rings. The maximum atomic E-state index is 6.54. The number of fused-ring (bicyclic) bond motifs is 1. The standard InChI is InChI=1S/C21H28ClN5OS/c1-5-15(6-2)17-11-13(3)23-20-16(14(4)25-27(17)20)12-18-19(22)24-21(29-18)26-7-9-28-10-8-26/h11,15H,5-10,12H2,1-4H3. The van der Waals surface area contributed by atoms with Crippen LogP contribution in [-0.4, -0.2) is 45.9 Å². The van der Waals surface area contributed by atoms with Gasteiger partial charge in [-0.3, -0.25) is 0 Å². The van der Waals surface area contributed by atoms with E-state index < -0.39 is 0 Å². The van der Waals surface area contributed by atoms with Crippen molar-refractivity contribution >= 4 is 33.7 Å². The molecule has 0 aromatic carbocycles. The molecule has 0 aliphatic carbocycles. The molecule has 0 amide bonds. The number of anilines is 1. The summed E-state index contributed by atoms with van der Waals surface area (Å²) < 4.78 is 7.50. The monoisotopic (exact) mass is 433 g/mol. The van der Waals surface area contributed by atoms with Crippen LogP contribution in [0.15, 0.2) is 6.07 Å². The summed E-state index contributed by atoms with van der Waals surface area (Å²) in [5.74, 6) is 0.478. The van der Waals surface area contributed by atoms with Crippen molar-refractivity contribution in [3.8, 4) is 0 Å². The van der Waals surface area contributed by atoms with Crippen molar-refractivity contribution in [2.45, 2.75) is 52.9 Å². The normalized spacial score (nSPS) is 15.0. The number of aryl methyl sites for hydroxylation is 2. The average molecular weight is 434 g/mol. The molecule has 0 saturated carbocycles. The van der Waals surface area contributed by atoms with Crippen molar-refractivity contribution in [3.05, 3.63) is 38.7 Å². The van der Waals surface area contributed by atoms with E-state index >= 15 is 0 Å². The van der Waals surface area contributed by atoms with Crippen molar-refractivity contribution < 1.29 is 4.74 Å². The molecule has 4 rings (SSSR count). The van der Waals surface area contributed by atoms with E-state index in [1.54, 1.807) is 11.3 Å². The van der Waals surface area contributed by atoms with E-state index in [0.717, 1.165) is 71.8 Å². The number of hydrogen-bond acceptors (Lipinski definition) is 6. The minimum absolute atomic E-state index is 0.478. The van der Waals surface area contributed by atoms with Gasteiger partial charge in [0.15, 0.2) is 10.8 Å². The second-order valence-electron chi connectivity index (χ2n) is 7.62. The van der Waals surface area contributed by atoms with Gasteiger partial charge < -0.3 is 9.64 Å². The molecule has 0 radical (unpaired) electrons. The number of thiazole rings is 1. The van der Waals surface area contributed by atoms with E-state index in [-0.39, 0.29) is 0 Å². The molecule has 156 valence electrons. The Morgan fingerprint density at radius 1 is 1.17 bits per heavy atom. The van der Waals surface area contributed by atoms with Crippen molar-refractivity contribution in [2.75, 3.05) is 31.2 Å². The van der Waals surface area contributed by atoms with Crippen LogP contribution in [0.2, 0.25) is 5.15 Å². The molecule has 0 N–H and O–H groups in total. The summed E-state index contributed by atoms with van der Waals surface area (Å²) in [7, 11) is 0. The molecule has 8 heteroatoms. The fourth-order valence-corrected chi connectivity index (χ4v) is 5.33. The first-order valence-corrected chi connectivity index (χ1v) is 11.5. The third-order valence-electron chi connectivity index (χ3n) is 5.70. The van der Waals surface area contributed by atoms with Gasteiger partial charge >= 0.3 is 0 Å². The van der Waals surface area contributed by atoms with E-state index in [4.69, 9.17) is 26.4 Å². The second kappa shape index (κ2) is 8.58. The van der Waals surface area contributed by atoms with Crippen LogP contribution in [0.1, 0.15) is 60.1 Å². The highest BCUT2D eigenvalue weighted by Gasteiger charge is 2.22. The highest BCUT2D eigenvalue weighted by molar-refractivity contribution is 7.16. The predicted octanol–water partition coefficient (Wildman–Crippen LogP) is 4.79. The van der Waals surface area contributed by atoms with Crippen LogP contribution in [0.25, 0.3) is 5.65 Å². The first-order valence-electron chi connectivity index (χ1n) is 10.3. The molecule has 29 heavy (non-hydrogen) atoms. The highest BCUT2D eigenvalue weighted by Crippen LogP contribution is 2.34. The van der Waals surface area contributed by atoms with E-state index in [1.807, 2.05) is 4.52 Å². The quantitative estimate of drug-likeness (QED) is 0.559. The summed E-state index contributed by atoms with van der Waals surface area (Å²) in [6.07, 6.45) is 2.88. The van der Waals surface area contributed by atoms with Crippen molar-refractivity contribution in [3.63, 3.8) is 0 Å². The summed E-state index contributed by atoms with van der Waals surface area (Å²) in [5.41, 5.74) is 5.37. The zero-order valence-electron chi connectivity index (χ0n) is 17.5. The molecular weight excluding hydrogens is 406 g/mol. The van der Waals surface area contributed by atoms with Crippen LogP contribution in [0.5, 0.6) is 0 Å². The lowest BCUT2D eigenvalue weighted by Crippen LogP contribution is -2.36. The highest BCUT2D eigenvalue weighted by atomic mass is 35.5. The van der Waals surface area contributed by atoms with Crippen LogP contribution < -0.4 is 4.90 Å². The van der Waals surface area contributed by atoms with E-state index in [2.05, 4.69) is 43.6 Å². The topological polar surface area (TPSA) is 55.5 Å². The Balaban J connectivity index is 1.72. The van der Waals surface area contributed by atoms with Gasteiger partial charge in [-0.15, -0.1) is 0 Å². The average Bonchev–Trinajstić information content (AvgIpc) is 3.24. The maximum Gasteiger partial charge on any atom is 0.187 e. The summed E-state index contributed by atoms with van der Waals surface area (Å²) in [4.78, 5) is 12.8. The Morgan fingerprint density at radius 3 is 2.59 bits per heavy atom. The smallest absolute Gasteiger partial charge is 0.187 e. The molecule has 3 aromatic rings. The lowest BCUT2D eigenvalue weighted by molar-refractivity contribution is 0.122. The van der Waals surface area contributed by atoms with Crippen LogP contribution in [0, 0.1) is 13.8 Å². The summed E-state index contributed by atoms with van der Waals surface area (Å²) >= 11 is 8.20. The number of aromatic nitrogens is 4. The van der Waals surface area contributed by atoms with Crippen LogP contribution >= 0.6 is 22.9 Å². The zero-order valence-corrected chi connectivity index (χ0v) is 19.1. The Hall–Kier alpha value is -1.70. The molecule has 3 aromatic heterocycles. The predicted molar refractivity (Wildman–Crippen MR) is 119 cm³/mol. The number of halogens is 1. The first-order chi connectivity index (χ1) is 14.0. The SMILES string of the molecule is CCC(CC)c1cc(C)nc2c(Cc3sc(N4CCOCC4)nc3Cl)c(C)nn12. The largest absolute Gasteiger partial charge is 0.378 e. The number of morpholine rings is 1. The molecule has 1 saturated heterocycles. The molecule has 0 spiro atoms. The Morgan fingerprint density at radius 2 is 1.90 bits per heavy atom. The van der Waals surface area contributed by atoms with Crippen LogP contribution in [-0.2, 0) is 11.2 Å². The van der Waals surface area contributed by atoms with Crippen molar-refractivity contribution in [1.29, 1.82) is 0 Å². The molecule has 6 nitrogen and oxygen atoms in total. The third kappa shape index (κ3) is 4.00. The van der Waals surface area contributed by atoms with Gasteiger partial charge in [-0.05, 0) is 32.8 Å². The van der Waals surface area contributed by atoms with Gasteiger partial charge in [0, 0.05) is 42.4 Å². The summed E-state index contributed by atoms with van der Waals surface area (Å²) in [6.45, 7) is 11.8. The molecule has 1 fully saturated rings. The van der Waals surface area contributed by atoms with Crippen molar-refractivity contribution in [2.24, 2.45) is 0 Å². The third-order valence-corrected chi connectivity index (χ3v) is 7.24. The number of rotatable bonds is 6. The minimum atomic E-state index is 0.478. The number of nitrogens with zero attached hydrogens (tertiary/aromatic N) is 5. The van der Waals surface area contributed by atoms with Gasteiger partial charge in [-0.1, -0.05) is 36.8 Å². The van der Waals surface area contributed by atoms with Crippen molar-refractivity contribution in [1.82, 2.24) is 19.6 Å². The molecule has 0 bridgehead atoms. The lowest BCUT2D eigenvalue weighted by atomic mass is 9.98. The maximum absolute atomic E-state index is 6.54.